The van der Waals surface area contributed by atoms with Gasteiger partial charge >= 0.3 is 0 Å². The summed E-state index contributed by atoms with van der Waals surface area (Å²) in [6.07, 6.45) is 4.50. The summed E-state index contributed by atoms with van der Waals surface area (Å²) in [6.45, 7) is 0. The molecule has 0 saturated heterocycles. The van der Waals surface area contributed by atoms with Crippen molar-refractivity contribution in [2.75, 3.05) is 0 Å². The Morgan fingerprint density at radius 2 is 1.79 bits per heavy atom. The topological polar surface area (TPSA) is 43.1 Å². The summed E-state index contributed by atoms with van der Waals surface area (Å²) in [5.41, 5.74) is 5.29. The van der Waals surface area contributed by atoms with Crippen LogP contribution >= 0.6 is 23.2 Å². The Morgan fingerprint density at radius 1 is 1.21 bits per heavy atom. The molecule has 1 aliphatic rings. The molecule has 2 rings (SSSR count). The van der Waals surface area contributed by atoms with Gasteiger partial charge in [0.15, 0.2) is 0 Å². The average molecular weight is 232 g/mol. The zero-order valence-corrected chi connectivity index (χ0v) is 9.11. The lowest BCUT2D eigenvalue weighted by Crippen LogP contribution is -2.11. The maximum atomic E-state index is 10.6. The predicted octanol–water partition coefficient (Wildman–Crippen LogP) is 3.26. The molecule has 0 aliphatic heterocycles. The molecule has 2 nitrogen and oxygen atoms in total. The smallest absolute Gasteiger partial charge is 0.250 e. The first kappa shape index (κ1) is 11.3. The highest BCUT2D eigenvalue weighted by molar-refractivity contribution is 6.36. The molecule has 1 aliphatic carbocycles. The minimum atomic E-state index is -0.549. The number of hydrogen-bond donors (Lipinski definition) is 1. The van der Waals surface area contributed by atoms with Crippen molar-refractivity contribution in [3.8, 4) is 0 Å². The number of primary amides is 1. The molecule has 0 unspecified atom stereocenters. The minimum Gasteiger partial charge on any atom is -0.366 e. The number of hydrogen-bond acceptors (Lipinski definition) is 1. The maximum Gasteiger partial charge on any atom is 0.250 e. The van der Waals surface area contributed by atoms with E-state index in [-0.39, 0.29) is 10.6 Å². The number of nitrogens with two attached hydrogens (primary N) is 1. The molecule has 1 saturated carbocycles. The Hall–Kier alpha value is -0.730. The second-order valence-electron chi connectivity index (χ2n) is 3.05. The van der Waals surface area contributed by atoms with Crippen molar-refractivity contribution < 1.29 is 4.79 Å². The first-order chi connectivity index (χ1) is 6.61. The van der Waals surface area contributed by atoms with E-state index < -0.39 is 5.91 Å². The van der Waals surface area contributed by atoms with Crippen molar-refractivity contribution in [2.45, 2.75) is 19.3 Å². The summed E-state index contributed by atoms with van der Waals surface area (Å²) in [5.74, 6) is -0.549. The number of amides is 1. The van der Waals surface area contributed by atoms with E-state index in [1.165, 1.54) is 31.4 Å². The summed E-state index contributed by atoms with van der Waals surface area (Å²) in [6, 6.07) is 4.53. The molecule has 0 atom stereocenters. The molecule has 1 aromatic carbocycles. The SMILES string of the molecule is C1CC1.NC(=O)c1ccc(Cl)cc1Cl. The van der Waals surface area contributed by atoms with Gasteiger partial charge in [0.05, 0.1) is 10.6 Å². The minimum absolute atomic E-state index is 0.282. The van der Waals surface area contributed by atoms with Gasteiger partial charge < -0.3 is 5.73 Å². The van der Waals surface area contributed by atoms with E-state index in [1.807, 2.05) is 0 Å². The predicted molar refractivity (Wildman–Crippen MR) is 58.8 cm³/mol. The first-order valence-corrected chi connectivity index (χ1v) is 5.11. The van der Waals surface area contributed by atoms with Gasteiger partial charge in [-0.15, -0.1) is 0 Å². The molecule has 2 N–H and O–H groups in total. The average Bonchev–Trinajstić information content (AvgIpc) is 2.88. The Labute approximate surface area is 93.0 Å². The van der Waals surface area contributed by atoms with Crippen molar-refractivity contribution in [3.63, 3.8) is 0 Å². The Bertz CT molecular complexity index is 334. The fraction of sp³-hybridized carbons (Fsp3) is 0.300. The van der Waals surface area contributed by atoms with Crippen LogP contribution in [0.2, 0.25) is 10.0 Å². The highest BCUT2D eigenvalue weighted by atomic mass is 35.5. The highest BCUT2D eigenvalue weighted by Crippen LogP contribution is 2.20. The van der Waals surface area contributed by atoms with Crippen molar-refractivity contribution >= 4 is 29.1 Å². The van der Waals surface area contributed by atoms with Gasteiger partial charge in [0.2, 0.25) is 5.91 Å². The molecule has 0 bridgehead atoms. The van der Waals surface area contributed by atoms with Crippen LogP contribution in [0.15, 0.2) is 18.2 Å². The van der Waals surface area contributed by atoms with E-state index in [0.29, 0.717) is 5.02 Å². The zero-order chi connectivity index (χ0) is 10.6. The quantitative estimate of drug-likeness (QED) is 0.793. The van der Waals surface area contributed by atoms with Crippen molar-refractivity contribution in [1.82, 2.24) is 0 Å². The van der Waals surface area contributed by atoms with Crippen LogP contribution in [-0.2, 0) is 0 Å². The summed E-state index contributed by atoms with van der Waals surface area (Å²) in [7, 11) is 0. The second kappa shape index (κ2) is 5.23. The molecule has 0 radical (unpaired) electrons. The van der Waals surface area contributed by atoms with Gasteiger partial charge in [-0.3, -0.25) is 4.79 Å². The molecule has 1 fully saturated rings. The normalized spacial score (nSPS) is 12.7. The molecule has 1 aromatic rings. The van der Waals surface area contributed by atoms with Crippen LogP contribution in [0.5, 0.6) is 0 Å². The summed E-state index contributed by atoms with van der Waals surface area (Å²) >= 11 is 11.2. The maximum absolute atomic E-state index is 10.6. The number of benzene rings is 1. The molecule has 4 heteroatoms. The van der Waals surface area contributed by atoms with Gasteiger partial charge in [-0.25, -0.2) is 0 Å². The first-order valence-electron chi connectivity index (χ1n) is 4.36. The molecule has 14 heavy (non-hydrogen) atoms. The molecule has 0 aromatic heterocycles. The fourth-order valence-corrected chi connectivity index (χ4v) is 1.19. The third kappa shape index (κ3) is 3.99. The van der Waals surface area contributed by atoms with E-state index in [4.69, 9.17) is 28.9 Å². The molecular formula is C10H11Cl2NO. The lowest BCUT2D eigenvalue weighted by molar-refractivity contribution is 0.100. The highest BCUT2D eigenvalue weighted by Gasteiger charge is 2.05. The van der Waals surface area contributed by atoms with Gasteiger partial charge in [0, 0.05) is 5.02 Å². The summed E-state index contributed by atoms with van der Waals surface area (Å²) in [5, 5.41) is 0.769. The summed E-state index contributed by atoms with van der Waals surface area (Å²) < 4.78 is 0. The van der Waals surface area contributed by atoms with Gasteiger partial charge in [0.25, 0.3) is 0 Å². The number of rotatable bonds is 1. The monoisotopic (exact) mass is 231 g/mol. The van der Waals surface area contributed by atoms with Crippen LogP contribution < -0.4 is 5.73 Å². The Kier molecular flexibility index (Phi) is 4.23. The number of carbonyl (C=O) groups is 1. The largest absolute Gasteiger partial charge is 0.366 e. The van der Waals surface area contributed by atoms with E-state index in [2.05, 4.69) is 0 Å². The van der Waals surface area contributed by atoms with Crippen molar-refractivity contribution in [1.29, 1.82) is 0 Å². The van der Waals surface area contributed by atoms with Crippen LogP contribution in [0.1, 0.15) is 29.6 Å². The lowest BCUT2D eigenvalue weighted by atomic mass is 10.2. The van der Waals surface area contributed by atoms with Crippen LogP contribution in [0.4, 0.5) is 0 Å². The van der Waals surface area contributed by atoms with E-state index in [0.717, 1.165) is 0 Å². The molecule has 0 heterocycles. The van der Waals surface area contributed by atoms with Gasteiger partial charge in [-0.1, -0.05) is 42.5 Å². The fourth-order valence-electron chi connectivity index (χ4n) is 0.689. The van der Waals surface area contributed by atoms with Crippen LogP contribution in [0, 0.1) is 0 Å². The lowest BCUT2D eigenvalue weighted by Gasteiger charge is -1.97. The molecule has 0 spiro atoms. The number of halogens is 2. The van der Waals surface area contributed by atoms with Gasteiger partial charge in [0.1, 0.15) is 0 Å². The number of carbonyl (C=O) groups excluding carboxylic acids is 1. The molecular weight excluding hydrogens is 221 g/mol. The zero-order valence-electron chi connectivity index (χ0n) is 7.59. The third-order valence-corrected chi connectivity index (χ3v) is 2.10. The van der Waals surface area contributed by atoms with Gasteiger partial charge in [-0.2, -0.15) is 0 Å². The standard InChI is InChI=1S/C7H5Cl2NO.C3H6/c8-4-1-2-5(7(10)11)6(9)3-4;1-2-3-1/h1-3H,(H2,10,11);1-3H2. The molecule has 76 valence electrons. The van der Waals surface area contributed by atoms with Crippen LogP contribution in [0.25, 0.3) is 0 Å². The van der Waals surface area contributed by atoms with Crippen molar-refractivity contribution in [3.05, 3.63) is 33.8 Å². The van der Waals surface area contributed by atoms with Crippen LogP contribution in [-0.4, -0.2) is 5.91 Å². The van der Waals surface area contributed by atoms with E-state index in [9.17, 15) is 4.79 Å². The van der Waals surface area contributed by atoms with E-state index >= 15 is 0 Å². The third-order valence-electron chi connectivity index (χ3n) is 1.55. The summed E-state index contributed by atoms with van der Waals surface area (Å²) in [4.78, 5) is 10.6. The Balaban J connectivity index is 0.000000276. The second-order valence-corrected chi connectivity index (χ2v) is 3.89. The van der Waals surface area contributed by atoms with Crippen LogP contribution in [0.3, 0.4) is 0 Å². The van der Waals surface area contributed by atoms with E-state index in [1.54, 1.807) is 6.07 Å². The van der Waals surface area contributed by atoms with Gasteiger partial charge in [-0.05, 0) is 18.2 Å². The Morgan fingerprint density at radius 3 is 2.14 bits per heavy atom. The van der Waals surface area contributed by atoms with Crippen molar-refractivity contribution in [2.24, 2.45) is 5.73 Å². The molecule has 1 amide bonds.